The molecule has 2 aliphatic rings. The van der Waals surface area contributed by atoms with E-state index in [1.54, 1.807) is 0 Å². The number of rotatable bonds is 5. The lowest BCUT2D eigenvalue weighted by Crippen LogP contribution is -2.38. The van der Waals surface area contributed by atoms with E-state index in [0.717, 1.165) is 44.2 Å². The number of aromatic nitrogens is 2. The molecule has 0 atom stereocenters. The summed E-state index contributed by atoms with van der Waals surface area (Å²) in [6.45, 7) is -0.113. The Labute approximate surface area is 155 Å². The van der Waals surface area contributed by atoms with Crippen LogP contribution in [0.3, 0.4) is 0 Å². The quantitative estimate of drug-likeness (QED) is 0.597. The van der Waals surface area contributed by atoms with Crippen molar-refractivity contribution in [1.29, 1.82) is 0 Å². The second-order valence-electron chi connectivity index (χ2n) is 7.07. The minimum atomic E-state index is -0.550. The molecule has 1 aromatic carbocycles. The van der Waals surface area contributed by atoms with Crippen molar-refractivity contribution in [3.63, 3.8) is 0 Å². The van der Waals surface area contributed by atoms with Crippen LogP contribution >= 0.6 is 0 Å². The molecular formula is C19H20N4O4. The first kappa shape index (κ1) is 17.4. The number of nitro groups is 1. The maximum absolute atomic E-state index is 12.9. The van der Waals surface area contributed by atoms with Crippen molar-refractivity contribution in [3.05, 3.63) is 56.8 Å². The molecule has 0 saturated heterocycles. The largest absolute Gasteiger partial charge is 0.312 e. The fourth-order valence-electron chi connectivity index (χ4n) is 3.57. The third-order valence-corrected chi connectivity index (χ3v) is 5.08. The van der Waals surface area contributed by atoms with Gasteiger partial charge in [-0.3, -0.25) is 24.3 Å². The van der Waals surface area contributed by atoms with Crippen molar-refractivity contribution in [2.75, 3.05) is 0 Å². The normalized spacial score (nSPS) is 16.8. The zero-order chi connectivity index (χ0) is 19.0. The van der Waals surface area contributed by atoms with Crippen LogP contribution < -0.4 is 5.56 Å². The van der Waals surface area contributed by atoms with Gasteiger partial charge in [0.15, 0.2) is 0 Å². The van der Waals surface area contributed by atoms with Crippen LogP contribution in [0.5, 0.6) is 0 Å². The number of carbonyl (C=O) groups is 1. The second-order valence-corrected chi connectivity index (χ2v) is 7.07. The number of fused-ring (bicyclic) bond motifs is 1. The minimum Gasteiger partial charge on any atom is -0.312 e. The molecular weight excluding hydrogens is 348 g/mol. The number of nitrogens with zero attached hydrogens (tertiary/aromatic N) is 4. The maximum Gasteiger partial charge on any atom is 0.270 e. The molecule has 0 unspecified atom stereocenters. The number of non-ortho nitro benzene ring substituents is 1. The monoisotopic (exact) mass is 368 g/mol. The van der Waals surface area contributed by atoms with E-state index >= 15 is 0 Å². The van der Waals surface area contributed by atoms with E-state index in [-0.39, 0.29) is 29.6 Å². The lowest BCUT2D eigenvalue weighted by Gasteiger charge is -2.28. The number of nitro benzene ring substituents is 1. The summed E-state index contributed by atoms with van der Waals surface area (Å²) in [4.78, 5) is 42.1. The van der Waals surface area contributed by atoms with E-state index in [1.807, 2.05) is 4.90 Å². The van der Waals surface area contributed by atoms with Gasteiger partial charge >= 0.3 is 0 Å². The highest BCUT2D eigenvalue weighted by molar-refractivity contribution is 5.81. The molecule has 1 aromatic heterocycles. The molecule has 140 valence electrons. The van der Waals surface area contributed by atoms with Crippen molar-refractivity contribution < 1.29 is 9.72 Å². The van der Waals surface area contributed by atoms with Crippen molar-refractivity contribution in [1.82, 2.24) is 14.5 Å². The summed E-state index contributed by atoms with van der Waals surface area (Å²) in [7, 11) is 0. The average Bonchev–Trinajstić information content (AvgIpc) is 3.50. The van der Waals surface area contributed by atoms with E-state index in [2.05, 4.69) is 11.1 Å². The van der Waals surface area contributed by atoms with Gasteiger partial charge in [-0.15, -0.1) is 0 Å². The van der Waals surface area contributed by atoms with Crippen LogP contribution in [0, 0.1) is 10.1 Å². The van der Waals surface area contributed by atoms with Crippen LogP contribution in [0.4, 0.5) is 5.69 Å². The third-order valence-electron chi connectivity index (χ3n) is 5.08. The molecule has 2 aromatic rings. The molecule has 4 rings (SSSR count). The number of amides is 1. The lowest BCUT2D eigenvalue weighted by molar-refractivity contribution is -0.384. The summed E-state index contributed by atoms with van der Waals surface area (Å²) in [5.74, 6) is -0.126. The Balaban J connectivity index is 1.64. The van der Waals surface area contributed by atoms with Gasteiger partial charge in [0.05, 0.1) is 22.2 Å². The Morgan fingerprint density at radius 2 is 2.15 bits per heavy atom. The Kier molecular flexibility index (Phi) is 4.47. The Morgan fingerprint density at radius 1 is 1.33 bits per heavy atom. The SMILES string of the molecule is O=C(Cn1cnc2ccc([N+](=O)[O-])cc2c1=O)N(C1=CCCCC1)C1CC1. The van der Waals surface area contributed by atoms with Gasteiger partial charge in [-0.2, -0.15) is 0 Å². The second kappa shape index (κ2) is 6.94. The van der Waals surface area contributed by atoms with Gasteiger partial charge in [0.1, 0.15) is 6.54 Å². The molecule has 1 saturated carbocycles. The van der Waals surface area contributed by atoms with Crippen LogP contribution in [-0.2, 0) is 11.3 Å². The molecule has 0 spiro atoms. The first-order chi connectivity index (χ1) is 13.0. The third kappa shape index (κ3) is 3.47. The van der Waals surface area contributed by atoms with Crippen LogP contribution in [-0.4, -0.2) is 31.3 Å². The highest BCUT2D eigenvalue weighted by Gasteiger charge is 2.35. The Hall–Kier alpha value is -3.03. The molecule has 0 N–H and O–H groups in total. The molecule has 1 heterocycles. The topological polar surface area (TPSA) is 98.3 Å². The Morgan fingerprint density at radius 3 is 2.81 bits per heavy atom. The van der Waals surface area contributed by atoms with Crippen LogP contribution in [0.2, 0.25) is 0 Å². The van der Waals surface area contributed by atoms with Crippen molar-refractivity contribution in [3.8, 4) is 0 Å². The zero-order valence-corrected chi connectivity index (χ0v) is 14.8. The standard InChI is InChI=1S/C19H20N4O4/c24-18(22(14-6-7-14)13-4-2-1-3-5-13)11-21-12-20-17-9-8-15(23(26)27)10-16(17)19(21)25/h4,8-10,12,14H,1-3,5-7,11H2. The Bertz CT molecular complexity index is 1010. The number of allylic oxidation sites excluding steroid dienone is 2. The first-order valence-electron chi connectivity index (χ1n) is 9.19. The number of hydrogen-bond donors (Lipinski definition) is 0. The van der Waals surface area contributed by atoms with E-state index < -0.39 is 10.5 Å². The van der Waals surface area contributed by atoms with Crippen LogP contribution in [0.15, 0.2) is 41.1 Å². The van der Waals surface area contributed by atoms with E-state index in [1.165, 1.54) is 29.1 Å². The van der Waals surface area contributed by atoms with E-state index in [9.17, 15) is 19.7 Å². The molecule has 1 amide bonds. The van der Waals surface area contributed by atoms with Crippen LogP contribution in [0.1, 0.15) is 38.5 Å². The molecule has 0 radical (unpaired) electrons. The van der Waals surface area contributed by atoms with E-state index in [0.29, 0.717) is 5.52 Å². The summed E-state index contributed by atoms with van der Waals surface area (Å²) >= 11 is 0. The van der Waals surface area contributed by atoms with Gasteiger partial charge < -0.3 is 4.90 Å². The van der Waals surface area contributed by atoms with E-state index in [4.69, 9.17) is 0 Å². The summed E-state index contributed by atoms with van der Waals surface area (Å²) in [5, 5.41) is 11.1. The summed E-state index contributed by atoms with van der Waals surface area (Å²) < 4.78 is 1.24. The van der Waals surface area contributed by atoms with Gasteiger partial charge in [0.2, 0.25) is 5.91 Å². The molecule has 1 fully saturated rings. The smallest absolute Gasteiger partial charge is 0.270 e. The number of hydrogen-bond acceptors (Lipinski definition) is 5. The fraction of sp³-hybridized carbons (Fsp3) is 0.421. The molecule has 8 heteroatoms. The molecule has 0 bridgehead atoms. The van der Waals surface area contributed by atoms with Gasteiger partial charge in [-0.05, 0) is 44.6 Å². The number of carbonyl (C=O) groups excluding carboxylic acids is 1. The average molecular weight is 368 g/mol. The molecule has 2 aliphatic carbocycles. The fourth-order valence-corrected chi connectivity index (χ4v) is 3.57. The van der Waals surface area contributed by atoms with Gasteiger partial charge in [-0.25, -0.2) is 4.98 Å². The van der Waals surface area contributed by atoms with Gasteiger partial charge in [-0.1, -0.05) is 6.08 Å². The van der Waals surface area contributed by atoms with Crippen LogP contribution in [0.25, 0.3) is 10.9 Å². The molecule has 0 aliphatic heterocycles. The predicted molar refractivity (Wildman–Crippen MR) is 99.1 cm³/mol. The van der Waals surface area contributed by atoms with Gasteiger partial charge in [0, 0.05) is 23.9 Å². The number of benzene rings is 1. The van der Waals surface area contributed by atoms with Crippen molar-refractivity contribution in [2.24, 2.45) is 0 Å². The predicted octanol–water partition coefficient (Wildman–Crippen LogP) is 2.75. The van der Waals surface area contributed by atoms with Crippen molar-refractivity contribution in [2.45, 2.75) is 51.1 Å². The van der Waals surface area contributed by atoms with Crippen molar-refractivity contribution >= 4 is 22.5 Å². The minimum absolute atomic E-state index is 0.113. The molecule has 27 heavy (non-hydrogen) atoms. The summed E-state index contributed by atoms with van der Waals surface area (Å²) in [6.07, 6.45) is 9.53. The highest BCUT2D eigenvalue weighted by Crippen LogP contribution is 2.33. The first-order valence-corrected chi connectivity index (χ1v) is 9.19. The van der Waals surface area contributed by atoms with Gasteiger partial charge in [0.25, 0.3) is 11.2 Å². The summed E-state index contributed by atoms with van der Waals surface area (Å²) in [5.41, 5.74) is 0.831. The zero-order valence-electron chi connectivity index (χ0n) is 14.8. The molecule has 8 nitrogen and oxygen atoms in total. The maximum atomic E-state index is 12.9. The summed E-state index contributed by atoms with van der Waals surface area (Å²) in [6, 6.07) is 4.21. The lowest BCUT2D eigenvalue weighted by atomic mass is 10.0. The highest BCUT2D eigenvalue weighted by atomic mass is 16.6.